The van der Waals surface area contributed by atoms with Crippen molar-refractivity contribution in [1.82, 2.24) is 14.9 Å². The minimum absolute atomic E-state index is 0.200. The standard InChI is InChI=1S/C15H21N3S/c1-5-16-14(15-11(4)17-18-19-15)13-8-6-12(7-9-13)10(2)3/h6-10,14,16H,5H2,1-4H3. The van der Waals surface area contributed by atoms with Crippen LogP contribution in [0.3, 0.4) is 0 Å². The SMILES string of the molecule is CCNC(c1ccc(C(C)C)cc1)c1snnc1C. The van der Waals surface area contributed by atoms with E-state index in [1.807, 2.05) is 6.92 Å². The van der Waals surface area contributed by atoms with Gasteiger partial charge in [0.2, 0.25) is 0 Å². The Bertz CT molecular complexity index is 516. The van der Waals surface area contributed by atoms with E-state index < -0.39 is 0 Å². The number of aromatic nitrogens is 2. The molecule has 0 aliphatic rings. The summed E-state index contributed by atoms with van der Waals surface area (Å²) < 4.78 is 4.05. The summed E-state index contributed by atoms with van der Waals surface area (Å²) in [5.41, 5.74) is 3.67. The van der Waals surface area contributed by atoms with Gasteiger partial charge in [-0.25, -0.2) is 0 Å². The number of rotatable bonds is 5. The quantitative estimate of drug-likeness (QED) is 0.904. The summed E-state index contributed by atoms with van der Waals surface area (Å²) in [6.07, 6.45) is 0. The summed E-state index contributed by atoms with van der Waals surface area (Å²) in [6.45, 7) is 9.50. The molecule has 2 rings (SSSR count). The van der Waals surface area contributed by atoms with Crippen molar-refractivity contribution in [2.45, 2.75) is 39.7 Å². The first-order valence-electron chi connectivity index (χ1n) is 6.75. The topological polar surface area (TPSA) is 37.8 Å². The Morgan fingerprint density at radius 3 is 2.26 bits per heavy atom. The van der Waals surface area contributed by atoms with E-state index in [1.54, 1.807) is 0 Å². The third kappa shape index (κ3) is 3.19. The van der Waals surface area contributed by atoms with Crippen molar-refractivity contribution in [2.24, 2.45) is 0 Å². The van der Waals surface area contributed by atoms with Crippen LogP contribution < -0.4 is 5.32 Å². The van der Waals surface area contributed by atoms with E-state index in [2.05, 4.69) is 59.9 Å². The Morgan fingerprint density at radius 1 is 1.16 bits per heavy atom. The van der Waals surface area contributed by atoms with Crippen LogP contribution in [0.1, 0.15) is 54.4 Å². The zero-order valence-corrected chi connectivity index (χ0v) is 12.8. The Morgan fingerprint density at radius 2 is 1.79 bits per heavy atom. The van der Waals surface area contributed by atoms with Crippen LogP contribution in [0.5, 0.6) is 0 Å². The highest BCUT2D eigenvalue weighted by Crippen LogP contribution is 2.27. The molecule has 3 nitrogen and oxygen atoms in total. The predicted octanol–water partition coefficient (Wildman–Crippen LogP) is 3.67. The van der Waals surface area contributed by atoms with Crippen LogP contribution in [0.25, 0.3) is 0 Å². The van der Waals surface area contributed by atoms with Crippen LogP contribution in [0, 0.1) is 6.92 Å². The molecule has 0 spiro atoms. The minimum atomic E-state index is 0.200. The van der Waals surface area contributed by atoms with Gasteiger partial charge in [-0.2, -0.15) is 0 Å². The fourth-order valence-corrected chi connectivity index (χ4v) is 2.89. The van der Waals surface area contributed by atoms with E-state index in [1.165, 1.54) is 27.5 Å². The van der Waals surface area contributed by atoms with Crippen LogP contribution in [0.4, 0.5) is 0 Å². The molecule has 1 aromatic heterocycles. The highest BCUT2D eigenvalue weighted by atomic mass is 32.1. The highest BCUT2D eigenvalue weighted by Gasteiger charge is 2.18. The Kier molecular flexibility index (Phi) is 4.66. The maximum Gasteiger partial charge on any atom is 0.0776 e. The van der Waals surface area contributed by atoms with Crippen LogP contribution in [-0.2, 0) is 0 Å². The Balaban J connectivity index is 2.31. The maximum absolute atomic E-state index is 4.12. The summed E-state index contributed by atoms with van der Waals surface area (Å²) in [5.74, 6) is 0.568. The fourth-order valence-electron chi connectivity index (χ4n) is 2.14. The van der Waals surface area contributed by atoms with Crippen molar-refractivity contribution in [2.75, 3.05) is 6.54 Å². The number of nitrogens with one attached hydrogen (secondary N) is 1. The molecule has 1 N–H and O–H groups in total. The number of benzene rings is 1. The molecular formula is C15H21N3S. The number of nitrogens with zero attached hydrogens (tertiary/aromatic N) is 2. The second-order valence-electron chi connectivity index (χ2n) is 5.03. The molecule has 0 aliphatic heterocycles. The third-order valence-electron chi connectivity index (χ3n) is 3.29. The Labute approximate surface area is 119 Å². The van der Waals surface area contributed by atoms with Gasteiger partial charge >= 0.3 is 0 Å². The lowest BCUT2D eigenvalue weighted by atomic mass is 9.98. The van der Waals surface area contributed by atoms with Gasteiger partial charge in [-0.3, -0.25) is 0 Å². The van der Waals surface area contributed by atoms with E-state index in [0.29, 0.717) is 5.92 Å². The van der Waals surface area contributed by atoms with Gasteiger partial charge in [-0.05, 0) is 42.0 Å². The van der Waals surface area contributed by atoms with E-state index >= 15 is 0 Å². The normalized spacial score (nSPS) is 12.9. The molecule has 1 atom stereocenters. The van der Waals surface area contributed by atoms with Gasteiger partial charge in [0.15, 0.2) is 0 Å². The average Bonchev–Trinajstić information content (AvgIpc) is 2.82. The highest BCUT2D eigenvalue weighted by molar-refractivity contribution is 7.05. The molecule has 0 saturated carbocycles. The van der Waals surface area contributed by atoms with Crippen molar-refractivity contribution < 1.29 is 0 Å². The van der Waals surface area contributed by atoms with Gasteiger partial charge in [0, 0.05) is 0 Å². The van der Waals surface area contributed by atoms with E-state index in [4.69, 9.17) is 0 Å². The molecular weight excluding hydrogens is 254 g/mol. The molecule has 0 bridgehead atoms. The Hall–Kier alpha value is -1.26. The van der Waals surface area contributed by atoms with E-state index in [-0.39, 0.29) is 6.04 Å². The summed E-state index contributed by atoms with van der Waals surface area (Å²) in [6, 6.07) is 9.05. The molecule has 1 aromatic carbocycles. The first-order valence-corrected chi connectivity index (χ1v) is 7.53. The molecule has 0 saturated heterocycles. The van der Waals surface area contributed by atoms with Gasteiger partial charge in [0.05, 0.1) is 16.6 Å². The average molecular weight is 275 g/mol. The van der Waals surface area contributed by atoms with Gasteiger partial charge in [0.25, 0.3) is 0 Å². The van der Waals surface area contributed by atoms with Crippen molar-refractivity contribution in [3.8, 4) is 0 Å². The lowest BCUT2D eigenvalue weighted by molar-refractivity contribution is 0.635. The second kappa shape index (κ2) is 6.26. The number of aryl methyl sites for hydroxylation is 1. The molecule has 0 fully saturated rings. The third-order valence-corrected chi connectivity index (χ3v) is 4.18. The molecule has 2 aromatic rings. The lowest BCUT2D eigenvalue weighted by Crippen LogP contribution is -2.21. The molecule has 1 heterocycles. The van der Waals surface area contributed by atoms with E-state index in [0.717, 1.165) is 12.2 Å². The van der Waals surface area contributed by atoms with Crippen molar-refractivity contribution >= 4 is 11.5 Å². The molecule has 4 heteroatoms. The fraction of sp³-hybridized carbons (Fsp3) is 0.467. The maximum atomic E-state index is 4.12. The molecule has 0 radical (unpaired) electrons. The van der Waals surface area contributed by atoms with Crippen LogP contribution in [0.15, 0.2) is 24.3 Å². The summed E-state index contributed by atoms with van der Waals surface area (Å²) in [5, 5.41) is 7.64. The number of hydrogen-bond donors (Lipinski definition) is 1. The van der Waals surface area contributed by atoms with Crippen LogP contribution >= 0.6 is 11.5 Å². The molecule has 0 aliphatic carbocycles. The second-order valence-corrected chi connectivity index (χ2v) is 5.82. The zero-order chi connectivity index (χ0) is 13.8. The van der Waals surface area contributed by atoms with Gasteiger partial charge in [-0.15, -0.1) is 5.10 Å². The van der Waals surface area contributed by atoms with Gasteiger partial charge in [0.1, 0.15) is 0 Å². The zero-order valence-electron chi connectivity index (χ0n) is 12.0. The van der Waals surface area contributed by atoms with Crippen LogP contribution in [-0.4, -0.2) is 16.1 Å². The molecule has 19 heavy (non-hydrogen) atoms. The van der Waals surface area contributed by atoms with E-state index in [9.17, 15) is 0 Å². The van der Waals surface area contributed by atoms with Gasteiger partial charge < -0.3 is 5.32 Å². The monoisotopic (exact) mass is 275 g/mol. The molecule has 1 unspecified atom stereocenters. The van der Waals surface area contributed by atoms with Crippen molar-refractivity contribution in [1.29, 1.82) is 0 Å². The first kappa shape index (κ1) is 14.2. The minimum Gasteiger partial charge on any atom is -0.306 e. The predicted molar refractivity (Wildman–Crippen MR) is 80.7 cm³/mol. The summed E-state index contributed by atoms with van der Waals surface area (Å²) in [4.78, 5) is 1.21. The largest absolute Gasteiger partial charge is 0.306 e. The summed E-state index contributed by atoms with van der Waals surface area (Å²) in [7, 11) is 0. The number of hydrogen-bond acceptors (Lipinski definition) is 4. The van der Waals surface area contributed by atoms with Gasteiger partial charge in [-0.1, -0.05) is 49.5 Å². The first-order chi connectivity index (χ1) is 9.13. The molecule has 102 valence electrons. The lowest BCUT2D eigenvalue weighted by Gasteiger charge is -2.18. The summed E-state index contributed by atoms with van der Waals surface area (Å²) >= 11 is 1.48. The van der Waals surface area contributed by atoms with Crippen molar-refractivity contribution in [3.63, 3.8) is 0 Å². The van der Waals surface area contributed by atoms with Crippen molar-refractivity contribution in [3.05, 3.63) is 46.0 Å². The molecule has 0 amide bonds. The van der Waals surface area contributed by atoms with Crippen LogP contribution in [0.2, 0.25) is 0 Å². The smallest absolute Gasteiger partial charge is 0.0776 e.